The fourth-order valence-electron chi connectivity index (χ4n) is 2.37. The van der Waals surface area contributed by atoms with E-state index in [1.54, 1.807) is 36.4 Å². The summed E-state index contributed by atoms with van der Waals surface area (Å²) in [5.41, 5.74) is 8.09. The Hall–Kier alpha value is -2.82. The number of nitrogens with two attached hydrogens (primary N) is 1. The monoisotopic (exact) mass is 267 g/mol. The molecular formula is C15H10FN3O. The molecule has 0 radical (unpaired) electrons. The summed E-state index contributed by atoms with van der Waals surface area (Å²) in [5, 5.41) is 8.19. The van der Waals surface area contributed by atoms with Gasteiger partial charge in [-0.25, -0.2) is 4.39 Å². The van der Waals surface area contributed by atoms with E-state index in [4.69, 9.17) is 10.2 Å². The number of fused-ring (bicyclic) bond motifs is 2. The van der Waals surface area contributed by atoms with Gasteiger partial charge in [-0.15, -0.1) is 0 Å². The highest BCUT2D eigenvalue weighted by Crippen LogP contribution is 2.35. The average Bonchev–Trinajstić information content (AvgIpc) is 3.00. The highest BCUT2D eigenvalue weighted by Gasteiger charge is 2.20. The zero-order valence-corrected chi connectivity index (χ0v) is 10.4. The van der Waals surface area contributed by atoms with Gasteiger partial charge in [0.25, 0.3) is 0 Å². The van der Waals surface area contributed by atoms with Crippen LogP contribution in [0, 0.1) is 5.82 Å². The summed E-state index contributed by atoms with van der Waals surface area (Å²) in [6.45, 7) is 0. The molecule has 2 heterocycles. The van der Waals surface area contributed by atoms with Gasteiger partial charge in [-0.1, -0.05) is 12.1 Å². The third-order valence-electron chi connectivity index (χ3n) is 3.34. The quantitative estimate of drug-likeness (QED) is 0.517. The van der Waals surface area contributed by atoms with E-state index in [9.17, 15) is 4.39 Å². The lowest BCUT2D eigenvalue weighted by molar-refractivity contribution is 0.572. The van der Waals surface area contributed by atoms with Crippen LogP contribution in [0.3, 0.4) is 0 Å². The normalized spacial score (nSPS) is 11.4. The second-order valence-corrected chi connectivity index (χ2v) is 4.62. The number of hydrogen-bond acceptors (Lipinski definition) is 3. The molecule has 0 fully saturated rings. The number of aromatic nitrogens is 2. The molecule has 2 aromatic heterocycles. The van der Waals surface area contributed by atoms with Gasteiger partial charge in [0.05, 0.1) is 10.9 Å². The molecule has 0 unspecified atom stereocenters. The number of hydrogen-bond donors (Lipinski definition) is 2. The number of halogens is 1. The van der Waals surface area contributed by atoms with Crippen molar-refractivity contribution in [1.29, 1.82) is 0 Å². The van der Waals surface area contributed by atoms with E-state index in [1.165, 1.54) is 0 Å². The van der Waals surface area contributed by atoms with Crippen LogP contribution in [0.2, 0.25) is 0 Å². The number of rotatable bonds is 1. The van der Waals surface area contributed by atoms with Crippen LogP contribution < -0.4 is 5.73 Å². The molecule has 0 aliphatic rings. The van der Waals surface area contributed by atoms with Crippen molar-refractivity contribution in [2.45, 2.75) is 0 Å². The van der Waals surface area contributed by atoms with E-state index >= 15 is 0 Å². The first kappa shape index (κ1) is 11.0. The van der Waals surface area contributed by atoms with Gasteiger partial charge in [-0.2, -0.15) is 5.10 Å². The molecule has 20 heavy (non-hydrogen) atoms. The molecule has 0 bridgehead atoms. The maximum absolute atomic E-state index is 14.4. The van der Waals surface area contributed by atoms with Gasteiger partial charge in [0.15, 0.2) is 11.6 Å². The molecule has 0 saturated heterocycles. The summed E-state index contributed by atoms with van der Waals surface area (Å²) >= 11 is 0. The summed E-state index contributed by atoms with van der Waals surface area (Å²) in [6.07, 6.45) is 0. The maximum Gasteiger partial charge on any atom is 0.191 e. The Bertz CT molecular complexity index is 939. The molecule has 0 amide bonds. The summed E-state index contributed by atoms with van der Waals surface area (Å²) in [6, 6.07) is 12.3. The molecule has 5 heteroatoms. The van der Waals surface area contributed by atoms with Gasteiger partial charge >= 0.3 is 0 Å². The minimum atomic E-state index is -0.406. The highest BCUT2D eigenvalue weighted by molar-refractivity contribution is 5.96. The Morgan fingerprint density at radius 1 is 1.10 bits per heavy atom. The van der Waals surface area contributed by atoms with E-state index < -0.39 is 5.82 Å². The number of aromatic amines is 1. The van der Waals surface area contributed by atoms with Crippen molar-refractivity contribution in [3.8, 4) is 11.5 Å². The zero-order valence-electron chi connectivity index (χ0n) is 10.4. The van der Waals surface area contributed by atoms with Crippen molar-refractivity contribution < 1.29 is 8.81 Å². The Morgan fingerprint density at radius 2 is 1.95 bits per heavy atom. The van der Waals surface area contributed by atoms with Crippen LogP contribution in [0.1, 0.15) is 0 Å². The maximum atomic E-state index is 14.4. The summed E-state index contributed by atoms with van der Waals surface area (Å²) in [7, 11) is 0. The largest absolute Gasteiger partial charge is 0.451 e. The van der Waals surface area contributed by atoms with E-state index in [2.05, 4.69) is 10.2 Å². The van der Waals surface area contributed by atoms with Crippen LogP contribution in [-0.4, -0.2) is 10.2 Å². The number of nitrogens with zero attached hydrogens (tertiary/aromatic N) is 1. The van der Waals surface area contributed by atoms with Crippen LogP contribution in [0.15, 0.2) is 46.9 Å². The molecule has 4 rings (SSSR count). The predicted molar refractivity (Wildman–Crippen MR) is 75.7 cm³/mol. The van der Waals surface area contributed by atoms with Gasteiger partial charge in [0.2, 0.25) is 0 Å². The number of anilines is 1. The molecule has 0 aliphatic heterocycles. The third-order valence-corrected chi connectivity index (χ3v) is 3.34. The van der Waals surface area contributed by atoms with Crippen molar-refractivity contribution >= 4 is 27.6 Å². The first-order valence-corrected chi connectivity index (χ1v) is 6.15. The number of H-pyrrole nitrogens is 1. The van der Waals surface area contributed by atoms with Crippen molar-refractivity contribution in [3.63, 3.8) is 0 Å². The Kier molecular flexibility index (Phi) is 2.12. The smallest absolute Gasteiger partial charge is 0.191 e. The van der Waals surface area contributed by atoms with E-state index in [-0.39, 0.29) is 5.76 Å². The molecule has 4 aromatic rings. The molecule has 0 saturated carbocycles. The average molecular weight is 267 g/mol. The van der Waals surface area contributed by atoms with Crippen LogP contribution in [-0.2, 0) is 0 Å². The number of benzene rings is 2. The van der Waals surface area contributed by atoms with Crippen molar-refractivity contribution in [2.75, 3.05) is 5.73 Å². The van der Waals surface area contributed by atoms with Gasteiger partial charge in [-0.3, -0.25) is 5.10 Å². The molecule has 0 spiro atoms. The van der Waals surface area contributed by atoms with Gasteiger partial charge in [0, 0.05) is 11.1 Å². The Morgan fingerprint density at radius 3 is 2.80 bits per heavy atom. The standard InChI is InChI=1S/C15H10FN3O/c16-13-9-3-1-2-4-12(9)20-15(13)14-10-7-8(17)5-6-11(10)18-19-14/h1-7H,17H2,(H,18,19). The first-order valence-electron chi connectivity index (χ1n) is 6.15. The number of nitrogens with one attached hydrogen (secondary N) is 1. The van der Waals surface area contributed by atoms with Gasteiger partial charge < -0.3 is 10.2 Å². The van der Waals surface area contributed by atoms with Crippen molar-refractivity contribution in [1.82, 2.24) is 10.2 Å². The van der Waals surface area contributed by atoms with Gasteiger partial charge in [0.1, 0.15) is 11.3 Å². The van der Waals surface area contributed by atoms with Crippen LogP contribution >= 0.6 is 0 Å². The second-order valence-electron chi connectivity index (χ2n) is 4.62. The molecule has 4 nitrogen and oxygen atoms in total. The fourth-order valence-corrected chi connectivity index (χ4v) is 2.37. The van der Waals surface area contributed by atoms with Crippen molar-refractivity contribution in [3.05, 3.63) is 48.3 Å². The van der Waals surface area contributed by atoms with Crippen LogP contribution in [0.5, 0.6) is 0 Å². The van der Waals surface area contributed by atoms with Crippen LogP contribution in [0.4, 0.5) is 10.1 Å². The van der Waals surface area contributed by atoms with Crippen molar-refractivity contribution in [2.24, 2.45) is 0 Å². The lowest BCUT2D eigenvalue weighted by Crippen LogP contribution is -1.84. The summed E-state index contributed by atoms with van der Waals surface area (Å²) in [4.78, 5) is 0. The Balaban J connectivity index is 2.06. The van der Waals surface area contributed by atoms with E-state index in [0.29, 0.717) is 22.4 Å². The summed E-state index contributed by atoms with van der Waals surface area (Å²) < 4.78 is 20.0. The minimum Gasteiger partial charge on any atom is -0.451 e. The molecule has 0 aliphatic carbocycles. The topological polar surface area (TPSA) is 67.8 Å². The highest BCUT2D eigenvalue weighted by atomic mass is 19.1. The van der Waals surface area contributed by atoms with E-state index in [1.807, 2.05) is 6.07 Å². The zero-order chi connectivity index (χ0) is 13.7. The molecular weight excluding hydrogens is 257 g/mol. The van der Waals surface area contributed by atoms with E-state index in [0.717, 1.165) is 10.9 Å². The fraction of sp³-hybridized carbons (Fsp3) is 0. The molecule has 98 valence electrons. The number of nitrogen functional groups attached to an aromatic ring is 1. The first-order chi connectivity index (χ1) is 9.74. The lowest BCUT2D eigenvalue weighted by atomic mass is 10.1. The molecule has 2 aromatic carbocycles. The van der Waals surface area contributed by atoms with Gasteiger partial charge in [-0.05, 0) is 30.3 Å². The molecule has 3 N–H and O–H groups in total. The SMILES string of the molecule is Nc1ccc2[nH]nc(-c3oc4ccccc4c3F)c2c1. The Labute approximate surface area is 113 Å². The predicted octanol–water partition coefficient (Wildman–Crippen LogP) is 3.70. The number of para-hydroxylation sites is 1. The van der Waals surface area contributed by atoms with Crippen LogP contribution in [0.25, 0.3) is 33.3 Å². The molecule has 0 atom stereocenters. The number of furan rings is 1. The third kappa shape index (κ3) is 1.43. The minimum absolute atomic E-state index is 0.128. The summed E-state index contributed by atoms with van der Waals surface area (Å²) in [5.74, 6) is -0.278. The lowest BCUT2D eigenvalue weighted by Gasteiger charge is -1.95. The second kappa shape index (κ2) is 3.84.